The molecule has 5 nitrogen and oxygen atoms in total. The average Bonchev–Trinajstić information content (AvgIpc) is 2.68. The molecule has 0 atom stereocenters. The van der Waals surface area contributed by atoms with Crippen LogP contribution in [0.1, 0.15) is 22.5 Å². The minimum Gasteiger partial charge on any atom is -0.497 e. The highest BCUT2D eigenvalue weighted by Crippen LogP contribution is 2.17. The summed E-state index contributed by atoms with van der Waals surface area (Å²) in [5.41, 5.74) is 3.49. The Morgan fingerprint density at radius 3 is 2.22 bits per heavy atom. The van der Waals surface area contributed by atoms with E-state index in [9.17, 15) is 8.42 Å². The third kappa shape index (κ3) is 5.15. The molecule has 0 aliphatic rings. The van der Waals surface area contributed by atoms with Crippen molar-refractivity contribution < 1.29 is 17.3 Å². The molecular weight excluding hydrogens is 362 g/mol. The molecule has 2 aromatic carbocycles. The molecule has 0 bridgehead atoms. The SMILES string of the molecule is COc1ccc(Cc2cccc(COS(=O)(=O)c3ccc(C)cc3)n2)cc1. The van der Waals surface area contributed by atoms with Crippen molar-refractivity contribution in [3.8, 4) is 5.75 Å². The largest absolute Gasteiger partial charge is 0.497 e. The van der Waals surface area contributed by atoms with Gasteiger partial charge in [-0.3, -0.25) is 9.17 Å². The first-order valence-corrected chi connectivity index (χ1v) is 9.91. The second kappa shape index (κ2) is 8.33. The summed E-state index contributed by atoms with van der Waals surface area (Å²) in [4.78, 5) is 4.64. The molecule has 3 rings (SSSR count). The molecule has 0 saturated carbocycles. The second-order valence-electron chi connectivity index (χ2n) is 6.17. The topological polar surface area (TPSA) is 65.5 Å². The minimum atomic E-state index is -3.81. The van der Waals surface area contributed by atoms with Gasteiger partial charge in [-0.2, -0.15) is 8.42 Å². The number of ether oxygens (including phenoxy) is 1. The Labute approximate surface area is 159 Å². The molecule has 140 valence electrons. The van der Waals surface area contributed by atoms with Gasteiger partial charge in [0.1, 0.15) is 12.4 Å². The van der Waals surface area contributed by atoms with Gasteiger partial charge in [-0.15, -0.1) is 0 Å². The normalized spacial score (nSPS) is 11.3. The van der Waals surface area contributed by atoms with E-state index in [1.165, 1.54) is 12.1 Å². The summed E-state index contributed by atoms with van der Waals surface area (Å²) >= 11 is 0. The Bertz CT molecular complexity index is 997. The van der Waals surface area contributed by atoms with Gasteiger partial charge in [0, 0.05) is 12.1 Å². The van der Waals surface area contributed by atoms with Crippen LogP contribution in [0, 0.1) is 6.92 Å². The van der Waals surface area contributed by atoms with Crippen molar-refractivity contribution in [2.24, 2.45) is 0 Å². The summed E-state index contributed by atoms with van der Waals surface area (Å²) < 4.78 is 34.9. The third-order valence-corrected chi connectivity index (χ3v) is 5.36. The van der Waals surface area contributed by atoms with E-state index >= 15 is 0 Å². The molecule has 0 unspecified atom stereocenters. The van der Waals surface area contributed by atoms with Crippen LogP contribution in [-0.4, -0.2) is 20.5 Å². The number of pyridine rings is 1. The zero-order valence-corrected chi connectivity index (χ0v) is 16.1. The molecular formula is C21H21NO4S. The van der Waals surface area contributed by atoms with Gasteiger partial charge in [0.15, 0.2) is 0 Å². The van der Waals surface area contributed by atoms with Gasteiger partial charge < -0.3 is 4.74 Å². The first kappa shape index (κ1) is 19.1. The van der Waals surface area contributed by atoms with Crippen molar-refractivity contribution in [3.63, 3.8) is 0 Å². The van der Waals surface area contributed by atoms with E-state index in [1.807, 2.05) is 43.3 Å². The standard InChI is InChI=1S/C21H21NO4S/c1-16-6-12-21(13-7-16)27(23,24)26-15-19-5-3-4-18(22-19)14-17-8-10-20(25-2)11-9-17/h3-13H,14-15H2,1-2H3. The van der Waals surface area contributed by atoms with Gasteiger partial charge in [-0.05, 0) is 48.9 Å². The minimum absolute atomic E-state index is 0.105. The number of hydrogen-bond donors (Lipinski definition) is 0. The fourth-order valence-corrected chi connectivity index (χ4v) is 3.45. The van der Waals surface area contributed by atoms with Crippen LogP contribution < -0.4 is 4.74 Å². The molecule has 0 fully saturated rings. The smallest absolute Gasteiger partial charge is 0.297 e. The Balaban J connectivity index is 1.67. The Hall–Kier alpha value is -2.70. The fourth-order valence-electron chi connectivity index (χ4n) is 2.57. The number of hydrogen-bond acceptors (Lipinski definition) is 5. The van der Waals surface area contributed by atoms with Gasteiger partial charge in [-0.25, -0.2) is 0 Å². The second-order valence-corrected chi connectivity index (χ2v) is 7.79. The summed E-state index contributed by atoms with van der Waals surface area (Å²) in [5.74, 6) is 0.801. The monoisotopic (exact) mass is 383 g/mol. The first-order chi connectivity index (χ1) is 13.0. The lowest BCUT2D eigenvalue weighted by molar-refractivity contribution is 0.303. The summed E-state index contributed by atoms with van der Waals surface area (Å²) in [6.07, 6.45) is 0.641. The zero-order chi connectivity index (χ0) is 19.3. The van der Waals surface area contributed by atoms with Crippen LogP contribution >= 0.6 is 0 Å². The van der Waals surface area contributed by atoms with Crippen LogP contribution in [0.4, 0.5) is 0 Å². The van der Waals surface area contributed by atoms with E-state index in [4.69, 9.17) is 8.92 Å². The van der Waals surface area contributed by atoms with Crippen LogP contribution in [0.5, 0.6) is 5.75 Å². The molecule has 1 aromatic heterocycles. The van der Waals surface area contributed by atoms with Crippen LogP contribution in [0.25, 0.3) is 0 Å². The fraction of sp³-hybridized carbons (Fsp3) is 0.190. The lowest BCUT2D eigenvalue weighted by atomic mass is 10.1. The number of rotatable bonds is 7. The highest BCUT2D eigenvalue weighted by molar-refractivity contribution is 7.86. The Morgan fingerprint density at radius 2 is 1.56 bits per heavy atom. The van der Waals surface area contributed by atoms with Crippen molar-refractivity contribution in [2.45, 2.75) is 24.8 Å². The van der Waals surface area contributed by atoms with Gasteiger partial charge in [0.25, 0.3) is 10.1 Å². The van der Waals surface area contributed by atoms with E-state index < -0.39 is 10.1 Å². The van der Waals surface area contributed by atoms with Crippen LogP contribution in [0.3, 0.4) is 0 Å². The van der Waals surface area contributed by atoms with Crippen molar-refractivity contribution in [2.75, 3.05) is 7.11 Å². The van der Waals surface area contributed by atoms with Gasteiger partial charge in [0.05, 0.1) is 17.7 Å². The van der Waals surface area contributed by atoms with E-state index in [0.717, 1.165) is 22.6 Å². The quantitative estimate of drug-likeness (QED) is 0.579. The van der Waals surface area contributed by atoms with E-state index in [2.05, 4.69) is 4.98 Å². The van der Waals surface area contributed by atoms with E-state index in [-0.39, 0.29) is 11.5 Å². The zero-order valence-electron chi connectivity index (χ0n) is 15.3. The first-order valence-electron chi connectivity index (χ1n) is 8.50. The van der Waals surface area contributed by atoms with Crippen molar-refractivity contribution in [1.82, 2.24) is 4.98 Å². The van der Waals surface area contributed by atoms with Crippen molar-refractivity contribution >= 4 is 10.1 Å². The number of aromatic nitrogens is 1. The Morgan fingerprint density at radius 1 is 0.889 bits per heavy atom. The summed E-state index contributed by atoms with van der Waals surface area (Å²) in [7, 11) is -2.18. The van der Waals surface area contributed by atoms with E-state index in [1.54, 1.807) is 25.3 Å². The molecule has 0 aliphatic heterocycles. The van der Waals surface area contributed by atoms with Crippen LogP contribution in [0.2, 0.25) is 0 Å². The van der Waals surface area contributed by atoms with Crippen molar-refractivity contribution in [3.05, 3.63) is 89.2 Å². The molecule has 0 spiro atoms. The molecule has 0 amide bonds. The lowest BCUT2D eigenvalue weighted by Crippen LogP contribution is -2.08. The molecule has 3 aromatic rings. The molecule has 6 heteroatoms. The van der Waals surface area contributed by atoms with E-state index in [0.29, 0.717) is 12.1 Å². The molecule has 27 heavy (non-hydrogen) atoms. The molecule has 0 aliphatic carbocycles. The average molecular weight is 383 g/mol. The predicted octanol–water partition coefficient (Wildman–Crippen LogP) is 3.89. The summed E-state index contributed by atoms with van der Waals surface area (Å²) in [6, 6.07) is 19.8. The summed E-state index contributed by atoms with van der Waals surface area (Å²) in [6.45, 7) is 1.79. The molecule has 1 heterocycles. The maximum Gasteiger partial charge on any atom is 0.297 e. The molecule has 0 saturated heterocycles. The highest BCUT2D eigenvalue weighted by Gasteiger charge is 2.15. The van der Waals surface area contributed by atoms with Gasteiger partial charge in [0.2, 0.25) is 0 Å². The third-order valence-electron chi connectivity index (χ3n) is 4.08. The maximum atomic E-state index is 12.3. The Kier molecular flexibility index (Phi) is 5.88. The van der Waals surface area contributed by atoms with Crippen LogP contribution in [-0.2, 0) is 27.3 Å². The lowest BCUT2D eigenvalue weighted by Gasteiger charge is -2.08. The highest BCUT2D eigenvalue weighted by atomic mass is 32.2. The maximum absolute atomic E-state index is 12.3. The van der Waals surface area contributed by atoms with Crippen molar-refractivity contribution in [1.29, 1.82) is 0 Å². The molecule has 0 radical (unpaired) electrons. The number of aryl methyl sites for hydroxylation is 1. The molecule has 0 N–H and O–H groups in total. The number of methoxy groups -OCH3 is 1. The van der Waals surface area contributed by atoms with Gasteiger partial charge in [-0.1, -0.05) is 35.9 Å². The van der Waals surface area contributed by atoms with Crippen LogP contribution in [0.15, 0.2) is 71.6 Å². The predicted molar refractivity (Wildman–Crippen MR) is 103 cm³/mol. The number of nitrogens with zero attached hydrogens (tertiary/aromatic N) is 1. The van der Waals surface area contributed by atoms with Gasteiger partial charge >= 0.3 is 0 Å². The summed E-state index contributed by atoms with van der Waals surface area (Å²) in [5, 5.41) is 0. The number of benzene rings is 2.